The molecule has 0 aliphatic rings. The lowest BCUT2D eigenvalue weighted by atomic mass is 10.2. The molecule has 18 heavy (non-hydrogen) atoms. The summed E-state index contributed by atoms with van der Waals surface area (Å²) in [5.74, 6) is 0.0201. The van der Waals surface area contributed by atoms with Crippen LogP contribution in [0.3, 0.4) is 0 Å². The minimum absolute atomic E-state index is 0.0201. The first-order valence-corrected chi connectivity index (χ1v) is 5.99. The normalized spacial score (nSPS) is 10.1. The predicted molar refractivity (Wildman–Crippen MR) is 73.6 cm³/mol. The molecule has 0 aliphatic carbocycles. The second kappa shape index (κ2) is 7.55. The third-order valence-electron chi connectivity index (χ3n) is 2.58. The molecule has 5 nitrogen and oxygen atoms in total. The summed E-state index contributed by atoms with van der Waals surface area (Å²) in [5.41, 5.74) is 8.52. The molecule has 0 saturated carbocycles. The molecule has 0 radical (unpaired) electrons. The van der Waals surface area contributed by atoms with Gasteiger partial charge in [0, 0.05) is 38.0 Å². The smallest absolute Gasteiger partial charge is 0.221 e. The molecule has 0 bridgehead atoms. The van der Waals surface area contributed by atoms with Gasteiger partial charge in [0.05, 0.1) is 6.61 Å². The van der Waals surface area contributed by atoms with E-state index in [-0.39, 0.29) is 5.91 Å². The van der Waals surface area contributed by atoms with E-state index in [9.17, 15) is 4.79 Å². The number of amides is 1. The van der Waals surface area contributed by atoms with E-state index in [0.29, 0.717) is 26.1 Å². The number of rotatable bonds is 7. The Kier molecular flexibility index (Phi) is 6.00. The van der Waals surface area contributed by atoms with Crippen LogP contribution >= 0.6 is 0 Å². The van der Waals surface area contributed by atoms with E-state index in [2.05, 4.69) is 10.6 Å². The summed E-state index contributed by atoms with van der Waals surface area (Å²) in [6.45, 7) is 3.65. The monoisotopic (exact) mass is 251 g/mol. The average molecular weight is 251 g/mol. The highest BCUT2D eigenvalue weighted by molar-refractivity contribution is 5.76. The summed E-state index contributed by atoms with van der Waals surface area (Å²) in [6, 6.07) is 5.74. The Morgan fingerprint density at radius 1 is 1.39 bits per heavy atom. The van der Waals surface area contributed by atoms with Crippen molar-refractivity contribution in [2.45, 2.75) is 13.3 Å². The molecule has 1 aromatic carbocycles. The van der Waals surface area contributed by atoms with Crippen LogP contribution in [0.25, 0.3) is 0 Å². The quantitative estimate of drug-likeness (QED) is 0.502. The van der Waals surface area contributed by atoms with Crippen LogP contribution in [0.4, 0.5) is 11.4 Å². The van der Waals surface area contributed by atoms with Crippen LogP contribution in [-0.2, 0) is 9.53 Å². The molecule has 0 heterocycles. The third kappa shape index (κ3) is 5.05. The van der Waals surface area contributed by atoms with E-state index < -0.39 is 0 Å². The number of carbonyl (C=O) groups excluding carboxylic acids is 1. The number of benzene rings is 1. The largest absolute Gasteiger partial charge is 0.399 e. The lowest BCUT2D eigenvalue weighted by Crippen LogP contribution is -2.28. The van der Waals surface area contributed by atoms with Crippen LogP contribution in [-0.4, -0.2) is 32.7 Å². The van der Waals surface area contributed by atoms with E-state index in [1.54, 1.807) is 7.11 Å². The standard InChI is InChI=1S/C13H21N3O2/c1-10-9-11(3-4-12(10)14)15-6-5-13(17)16-7-8-18-2/h3-4,9,15H,5-8,14H2,1-2H3,(H,16,17). The maximum absolute atomic E-state index is 11.4. The number of ether oxygens (including phenoxy) is 1. The van der Waals surface area contributed by atoms with Gasteiger partial charge in [-0.25, -0.2) is 0 Å². The summed E-state index contributed by atoms with van der Waals surface area (Å²) >= 11 is 0. The molecule has 0 aliphatic heterocycles. The Balaban J connectivity index is 2.24. The SMILES string of the molecule is COCCNC(=O)CCNc1ccc(N)c(C)c1. The highest BCUT2D eigenvalue weighted by Gasteiger charge is 2.01. The Hall–Kier alpha value is -1.75. The van der Waals surface area contributed by atoms with E-state index >= 15 is 0 Å². The van der Waals surface area contributed by atoms with Gasteiger partial charge in [-0.1, -0.05) is 0 Å². The number of aryl methyl sites for hydroxylation is 1. The van der Waals surface area contributed by atoms with Crippen LogP contribution < -0.4 is 16.4 Å². The van der Waals surface area contributed by atoms with Gasteiger partial charge < -0.3 is 21.1 Å². The molecule has 1 aromatic rings. The van der Waals surface area contributed by atoms with Crippen molar-refractivity contribution in [3.8, 4) is 0 Å². The summed E-state index contributed by atoms with van der Waals surface area (Å²) in [6.07, 6.45) is 0.438. The first-order chi connectivity index (χ1) is 8.63. The van der Waals surface area contributed by atoms with E-state index in [1.165, 1.54) is 0 Å². The second-order valence-electron chi connectivity index (χ2n) is 4.09. The van der Waals surface area contributed by atoms with Crippen LogP contribution in [0.2, 0.25) is 0 Å². The Bertz CT molecular complexity index is 394. The fourth-order valence-corrected chi connectivity index (χ4v) is 1.49. The highest BCUT2D eigenvalue weighted by Crippen LogP contribution is 2.16. The molecular formula is C13H21N3O2. The van der Waals surface area contributed by atoms with Crippen molar-refractivity contribution < 1.29 is 9.53 Å². The van der Waals surface area contributed by atoms with Crippen molar-refractivity contribution in [3.63, 3.8) is 0 Å². The van der Waals surface area contributed by atoms with Crippen molar-refractivity contribution in [2.75, 3.05) is 37.9 Å². The second-order valence-corrected chi connectivity index (χ2v) is 4.09. The highest BCUT2D eigenvalue weighted by atomic mass is 16.5. The number of nitrogen functional groups attached to an aromatic ring is 1. The fourth-order valence-electron chi connectivity index (χ4n) is 1.49. The summed E-state index contributed by atoms with van der Waals surface area (Å²) in [7, 11) is 1.61. The van der Waals surface area contributed by atoms with E-state index in [0.717, 1.165) is 16.9 Å². The zero-order valence-electron chi connectivity index (χ0n) is 11.0. The summed E-state index contributed by atoms with van der Waals surface area (Å²) in [5, 5.41) is 5.95. The maximum Gasteiger partial charge on any atom is 0.221 e. The number of carbonyl (C=O) groups is 1. The molecule has 0 aromatic heterocycles. The summed E-state index contributed by atoms with van der Waals surface area (Å²) in [4.78, 5) is 11.4. The topological polar surface area (TPSA) is 76.4 Å². The van der Waals surface area contributed by atoms with E-state index in [1.807, 2.05) is 25.1 Å². The minimum Gasteiger partial charge on any atom is -0.399 e. The van der Waals surface area contributed by atoms with Gasteiger partial charge >= 0.3 is 0 Å². The Morgan fingerprint density at radius 3 is 2.83 bits per heavy atom. The predicted octanol–water partition coefficient (Wildman–Crippen LogP) is 1.14. The molecule has 0 atom stereocenters. The number of methoxy groups -OCH3 is 1. The molecule has 1 rings (SSSR count). The van der Waals surface area contributed by atoms with Crippen LogP contribution in [0, 0.1) is 6.92 Å². The summed E-state index contributed by atoms with van der Waals surface area (Å²) < 4.78 is 4.85. The van der Waals surface area contributed by atoms with Crippen molar-refractivity contribution in [1.82, 2.24) is 5.32 Å². The number of nitrogens with one attached hydrogen (secondary N) is 2. The zero-order valence-corrected chi connectivity index (χ0v) is 11.0. The molecule has 4 N–H and O–H groups in total. The lowest BCUT2D eigenvalue weighted by Gasteiger charge is -2.09. The van der Waals surface area contributed by atoms with Gasteiger partial charge in [0.15, 0.2) is 0 Å². The Morgan fingerprint density at radius 2 is 2.17 bits per heavy atom. The maximum atomic E-state index is 11.4. The number of hydrogen-bond donors (Lipinski definition) is 3. The van der Waals surface area contributed by atoms with Gasteiger partial charge in [-0.2, -0.15) is 0 Å². The molecule has 0 unspecified atom stereocenters. The molecule has 0 fully saturated rings. The third-order valence-corrected chi connectivity index (χ3v) is 2.58. The molecule has 1 amide bonds. The number of nitrogens with two attached hydrogens (primary N) is 1. The lowest BCUT2D eigenvalue weighted by molar-refractivity contribution is -0.121. The first-order valence-electron chi connectivity index (χ1n) is 5.99. The zero-order chi connectivity index (χ0) is 13.4. The average Bonchev–Trinajstić information content (AvgIpc) is 2.34. The van der Waals surface area contributed by atoms with Crippen LogP contribution in [0.15, 0.2) is 18.2 Å². The number of anilines is 2. The molecule has 0 spiro atoms. The van der Waals surface area contributed by atoms with Gasteiger partial charge in [-0.05, 0) is 30.7 Å². The minimum atomic E-state index is 0.0201. The molecule has 0 saturated heterocycles. The fraction of sp³-hybridized carbons (Fsp3) is 0.462. The van der Waals surface area contributed by atoms with Gasteiger partial charge in [-0.15, -0.1) is 0 Å². The van der Waals surface area contributed by atoms with Crippen molar-refractivity contribution in [1.29, 1.82) is 0 Å². The van der Waals surface area contributed by atoms with E-state index in [4.69, 9.17) is 10.5 Å². The molecule has 5 heteroatoms. The Labute approximate surface area is 108 Å². The number of hydrogen-bond acceptors (Lipinski definition) is 4. The van der Waals surface area contributed by atoms with Crippen LogP contribution in [0.1, 0.15) is 12.0 Å². The van der Waals surface area contributed by atoms with Gasteiger partial charge in [0.1, 0.15) is 0 Å². The first kappa shape index (κ1) is 14.3. The molecule has 100 valence electrons. The van der Waals surface area contributed by atoms with Gasteiger partial charge in [0.25, 0.3) is 0 Å². The van der Waals surface area contributed by atoms with Crippen molar-refractivity contribution in [3.05, 3.63) is 23.8 Å². The van der Waals surface area contributed by atoms with Crippen LogP contribution in [0.5, 0.6) is 0 Å². The molecular weight excluding hydrogens is 230 g/mol. The van der Waals surface area contributed by atoms with Crippen molar-refractivity contribution in [2.24, 2.45) is 0 Å². The van der Waals surface area contributed by atoms with Gasteiger partial charge in [0.2, 0.25) is 5.91 Å². The van der Waals surface area contributed by atoms with Crippen molar-refractivity contribution >= 4 is 17.3 Å². The van der Waals surface area contributed by atoms with Gasteiger partial charge in [-0.3, -0.25) is 4.79 Å².